The predicted molar refractivity (Wildman–Crippen MR) is 65.8 cm³/mol. The van der Waals surface area contributed by atoms with Crippen molar-refractivity contribution in [3.8, 4) is 0 Å². The molecule has 0 atom stereocenters. The SMILES string of the molecule is Cc1csc(Sc2cc(C(F)(F)F)nc(NN)n2)n1. The van der Waals surface area contributed by atoms with E-state index in [0.717, 1.165) is 23.5 Å². The van der Waals surface area contributed by atoms with Crippen molar-refractivity contribution < 1.29 is 13.2 Å². The van der Waals surface area contributed by atoms with E-state index in [9.17, 15) is 13.2 Å². The molecule has 10 heteroatoms. The Morgan fingerprint density at radius 1 is 1.32 bits per heavy atom. The highest BCUT2D eigenvalue weighted by atomic mass is 32.2. The van der Waals surface area contributed by atoms with Crippen molar-refractivity contribution in [2.24, 2.45) is 5.84 Å². The molecule has 0 spiro atoms. The summed E-state index contributed by atoms with van der Waals surface area (Å²) in [7, 11) is 0. The van der Waals surface area contributed by atoms with Gasteiger partial charge in [-0.3, -0.25) is 5.43 Å². The fourth-order valence-corrected chi connectivity index (χ4v) is 2.94. The van der Waals surface area contributed by atoms with Gasteiger partial charge in [-0.1, -0.05) is 0 Å². The molecule has 19 heavy (non-hydrogen) atoms. The van der Waals surface area contributed by atoms with E-state index in [1.165, 1.54) is 11.3 Å². The Morgan fingerprint density at radius 2 is 2.05 bits per heavy atom. The molecule has 0 aliphatic carbocycles. The third-order valence-electron chi connectivity index (χ3n) is 1.91. The highest BCUT2D eigenvalue weighted by Crippen LogP contribution is 2.34. The largest absolute Gasteiger partial charge is 0.433 e. The topological polar surface area (TPSA) is 76.7 Å². The lowest BCUT2D eigenvalue weighted by molar-refractivity contribution is -0.141. The van der Waals surface area contributed by atoms with Crippen molar-refractivity contribution in [3.63, 3.8) is 0 Å². The first-order valence-electron chi connectivity index (χ1n) is 4.91. The number of hydrogen-bond donors (Lipinski definition) is 2. The van der Waals surface area contributed by atoms with Crippen LogP contribution in [0.25, 0.3) is 0 Å². The van der Waals surface area contributed by atoms with Crippen molar-refractivity contribution >= 4 is 29.0 Å². The number of rotatable bonds is 3. The molecule has 2 heterocycles. The predicted octanol–water partition coefficient (Wildman–Crippen LogP) is 2.70. The second-order valence-electron chi connectivity index (χ2n) is 3.41. The number of nitrogens with one attached hydrogen (secondary N) is 1. The average Bonchev–Trinajstić information content (AvgIpc) is 2.73. The number of hydrazine groups is 1. The molecule has 5 nitrogen and oxygen atoms in total. The third kappa shape index (κ3) is 3.55. The van der Waals surface area contributed by atoms with Gasteiger partial charge in [-0.05, 0) is 18.7 Å². The second-order valence-corrected chi connectivity index (χ2v) is 5.54. The summed E-state index contributed by atoms with van der Waals surface area (Å²) < 4.78 is 38.5. The molecular formula is C9H8F3N5S2. The summed E-state index contributed by atoms with van der Waals surface area (Å²) in [5.41, 5.74) is 1.77. The summed E-state index contributed by atoms with van der Waals surface area (Å²) in [5, 5.41) is 1.93. The standard InChI is InChI=1S/C9H8F3N5S2/c1-4-3-18-8(14-4)19-6-2-5(9(10,11)12)15-7(16-6)17-13/h2-3H,13H2,1H3,(H,15,16,17). The Hall–Kier alpha value is -1.39. The Labute approximate surface area is 114 Å². The average molecular weight is 307 g/mol. The molecule has 0 amide bonds. The van der Waals surface area contributed by atoms with E-state index in [4.69, 9.17) is 5.84 Å². The summed E-state index contributed by atoms with van der Waals surface area (Å²) in [4.78, 5) is 11.3. The molecule has 2 aromatic rings. The van der Waals surface area contributed by atoms with Gasteiger partial charge in [-0.2, -0.15) is 13.2 Å². The number of aryl methyl sites for hydroxylation is 1. The van der Waals surface area contributed by atoms with Crippen LogP contribution in [0, 0.1) is 6.92 Å². The van der Waals surface area contributed by atoms with Gasteiger partial charge in [0.25, 0.3) is 0 Å². The molecule has 2 aromatic heterocycles. The highest BCUT2D eigenvalue weighted by Gasteiger charge is 2.33. The Bertz CT molecular complexity index is 583. The molecular weight excluding hydrogens is 299 g/mol. The number of aromatic nitrogens is 3. The van der Waals surface area contributed by atoms with Crippen LogP contribution in [0.1, 0.15) is 11.4 Å². The molecule has 0 bridgehead atoms. The maximum Gasteiger partial charge on any atom is 0.433 e. The molecule has 0 aliphatic rings. The summed E-state index contributed by atoms with van der Waals surface area (Å²) in [6, 6.07) is 0.863. The minimum atomic E-state index is -4.55. The Morgan fingerprint density at radius 3 is 2.58 bits per heavy atom. The molecule has 0 radical (unpaired) electrons. The molecule has 102 valence electrons. The van der Waals surface area contributed by atoms with Crippen LogP contribution in [0.2, 0.25) is 0 Å². The lowest BCUT2D eigenvalue weighted by Gasteiger charge is -2.08. The summed E-state index contributed by atoms with van der Waals surface area (Å²) in [6.45, 7) is 1.80. The van der Waals surface area contributed by atoms with E-state index < -0.39 is 11.9 Å². The number of hydrogen-bond acceptors (Lipinski definition) is 7. The van der Waals surface area contributed by atoms with Gasteiger partial charge >= 0.3 is 6.18 Å². The minimum Gasteiger partial charge on any atom is -0.292 e. The Balaban J connectivity index is 2.34. The first-order valence-corrected chi connectivity index (χ1v) is 6.61. The monoisotopic (exact) mass is 307 g/mol. The summed E-state index contributed by atoms with van der Waals surface area (Å²) >= 11 is 2.36. The maximum atomic E-state index is 12.6. The van der Waals surface area contributed by atoms with Crippen molar-refractivity contribution in [2.75, 3.05) is 5.43 Å². The van der Waals surface area contributed by atoms with Crippen LogP contribution in [0.3, 0.4) is 0 Å². The molecule has 3 N–H and O–H groups in total. The van der Waals surface area contributed by atoms with E-state index in [-0.39, 0.29) is 11.0 Å². The van der Waals surface area contributed by atoms with E-state index in [0.29, 0.717) is 4.34 Å². The fourth-order valence-electron chi connectivity index (χ4n) is 1.16. The lowest BCUT2D eigenvalue weighted by atomic mass is 10.4. The van der Waals surface area contributed by atoms with Gasteiger partial charge in [0, 0.05) is 17.1 Å². The van der Waals surface area contributed by atoms with Crippen LogP contribution < -0.4 is 11.3 Å². The summed E-state index contributed by atoms with van der Waals surface area (Å²) in [5.74, 6) is 4.78. The number of halogens is 3. The molecule has 0 aromatic carbocycles. The summed E-state index contributed by atoms with van der Waals surface area (Å²) in [6.07, 6.45) is -4.55. The molecule has 0 fully saturated rings. The van der Waals surface area contributed by atoms with E-state index in [1.54, 1.807) is 12.3 Å². The zero-order valence-corrected chi connectivity index (χ0v) is 11.2. The van der Waals surface area contributed by atoms with Gasteiger partial charge in [-0.25, -0.2) is 20.8 Å². The quantitative estimate of drug-likeness (QED) is 0.516. The van der Waals surface area contributed by atoms with E-state index in [1.807, 2.05) is 5.43 Å². The first-order chi connectivity index (χ1) is 8.88. The van der Waals surface area contributed by atoms with Crippen LogP contribution in [0.4, 0.5) is 19.1 Å². The molecule has 2 rings (SSSR count). The van der Waals surface area contributed by atoms with E-state index in [2.05, 4.69) is 15.0 Å². The zero-order chi connectivity index (χ0) is 14.0. The normalized spacial score (nSPS) is 11.6. The first kappa shape index (κ1) is 14.0. The second kappa shape index (κ2) is 5.31. The maximum absolute atomic E-state index is 12.6. The smallest absolute Gasteiger partial charge is 0.292 e. The minimum absolute atomic E-state index is 0.129. The number of nitrogens with two attached hydrogens (primary N) is 1. The molecule has 0 saturated heterocycles. The van der Waals surface area contributed by atoms with Crippen LogP contribution >= 0.6 is 23.1 Å². The van der Waals surface area contributed by atoms with Gasteiger partial charge in [0.1, 0.15) is 5.03 Å². The molecule has 0 saturated carbocycles. The van der Waals surface area contributed by atoms with Crippen molar-refractivity contribution in [2.45, 2.75) is 22.5 Å². The number of nitrogens with zero attached hydrogens (tertiary/aromatic N) is 3. The van der Waals surface area contributed by atoms with Gasteiger partial charge in [0.15, 0.2) is 10.0 Å². The zero-order valence-electron chi connectivity index (χ0n) is 9.52. The van der Waals surface area contributed by atoms with Crippen LogP contribution in [-0.2, 0) is 6.18 Å². The number of nitrogen functional groups attached to an aromatic ring is 1. The number of anilines is 1. The Kier molecular flexibility index (Phi) is 3.92. The van der Waals surface area contributed by atoms with Gasteiger partial charge in [0.2, 0.25) is 5.95 Å². The van der Waals surface area contributed by atoms with Crippen LogP contribution in [0.5, 0.6) is 0 Å². The third-order valence-corrected chi connectivity index (χ3v) is 3.89. The van der Waals surface area contributed by atoms with Crippen molar-refractivity contribution in [1.29, 1.82) is 0 Å². The lowest BCUT2D eigenvalue weighted by Crippen LogP contribution is -2.15. The fraction of sp³-hybridized carbons (Fsp3) is 0.222. The molecule has 0 unspecified atom stereocenters. The number of alkyl halides is 3. The number of thiazole rings is 1. The van der Waals surface area contributed by atoms with Gasteiger partial charge < -0.3 is 0 Å². The molecule has 0 aliphatic heterocycles. The van der Waals surface area contributed by atoms with Gasteiger partial charge in [0.05, 0.1) is 0 Å². The van der Waals surface area contributed by atoms with Gasteiger partial charge in [-0.15, -0.1) is 11.3 Å². The highest BCUT2D eigenvalue weighted by molar-refractivity contribution is 8.01. The van der Waals surface area contributed by atoms with Crippen LogP contribution in [0.15, 0.2) is 20.8 Å². The van der Waals surface area contributed by atoms with E-state index >= 15 is 0 Å². The van der Waals surface area contributed by atoms with Crippen molar-refractivity contribution in [1.82, 2.24) is 15.0 Å². The van der Waals surface area contributed by atoms with Crippen LogP contribution in [-0.4, -0.2) is 15.0 Å². The van der Waals surface area contributed by atoms with Crippen molar-refractivity contribution in [3.05, 3.63) is 22.8 Å².